The highest BCUT2D eigenvalue weighted by Gasteiger charge is 2.48. The van der Waals surface area contributed by atoms with Crippen LogP contribution in [-0.2, 0) is 0 Å². The fourth-order valence-corrected chi connectivity index (χ4v) is 11.9. The van der Waals surface area contributed by atoms with Gasteiger partial charge in [-0.25, -0.2) is 15.0 Å². The zero-order valence-corrected chi connectivity index (χ0v) is 26.3. The van der Waals surface area contributed by atoms with Crippen LogP contribution in [0.1, 0.15) is 11.1 Å². The Hall–Kier alpha value is -5.45. The van der Waals surface area contributed by atoms with E-state index in [1.807, 2.05) is 36.4 Å². The maximum absolute atomic E-state index is 5.08. The Bertz CT molecular complexity index is 2050. The summed E-state index contributed by atoms with van der Waals surface area (Å²) in [6.45, 7) is 4.32. The number of nitrogens with zero attached hydrogens (tertiary/aromatic N) is 3. The van der Waals surface area contributed by atoms with Crippen molar-refractivity contribution in [1.29, 1.82) is 0 Å². The Morgan fingerprint density at radius 1 is 0.378 bits per heavy atom. The quantitative estimate of drug-likeness (QED) is 0.205. The highest BCUT2D eigenvalue weighted by atomic mass is 28.3. The third-order valence-corrected chi connectivity index (χ3v) is 13.8. The van der Waals surface area contributed by atoms with Crippen molar-refractivity contribution in [3.8, 4) is 45.3 Å². The van der Waals surface area contributed by atoms with Gasteiger partial charge >= 0.3 is 0 Å². The molecule has 0 N–H and O–H groups in total. The van der Waals surface area contributed by atoms with E-state index in [-0.39, 0.29) is 0 Å². The molecule has 0 fully saturated rings. The van der Waals surface area contributed by atoms with Crippen molar-refractivity contribution in [2.45, 2.75) is 13.8 Å². The molecule has 214 valence electrons. The van der Waals surface area contributed by atoms with Crippen LogP contribution < -0.4 is 20.7 Å². The molecule has 45 heavy (non-hydrogen) atoms. The summed E-state index contributed by atoms with van der Waals surface area (Å²) in [5.41, 5.74) is 8.07. The number of rotatable bonds is 5. The van der Waals surface area contributed by atoms with Gasteiger partial charge in [-0.1, -0.05) is 163 Å². The van der Waals surface area contributed by atoms with Crippen molar-refractivity contribution in [2.75, 3.05) is 0 Å². The molecule has 3 nitrogen and oxygen atoms in total. The van der Waals surface area contributed by atoms with Gasteiger partial charge < -0.3 is 0 Å². The largest absolute Gasteiger partial charge is 0.208 e. The Kier molecular flexibility index (Phi) is 6.58. The fraction of sp³-hybridized carbons (Fsp3) is 0.0488. The monoisotopic (exact) mass is 593 g/mol. The van der Waals surface area contributed by atoms with E-state index >= 15 is 0 Å². The first kappa shape index (κ1) is 27.1. The van der Waals surface area contributed by atoms with Crippen molar-refractivity contribution >= 4 is 28.8 Å². The van der Waals surface area contributed by atoms with Crippen LogP contribution in [0.4, 0.5) is 0 Å². The summed E-state index contributed by atoms with van der Waals surface area (Å²) in [6.07, 6.45) is 0. The summed E-state index contributed by atoms with van der Waals surface area (Å²) in [5, 5.41) is 5.56. The molecule has 1 aromatic heterocycles. The van der Waals surface area contributed by atoms with Crippen LogP contribution in [0, 0.1) is 13.8 Å². The second-order valence-electron chi connectivity index (χ2n) is 11.8. The molecule has 0 atom stereocenters. The number of fused-ring (bicyclic) bond motifs is 3. The van der Waals surface area contributed by atoms with E-state index in [1.165, 1.54) is 43.0 Å². The van der Waals surface area contributed by atoms with Crippen LogP contribution in [0.15, 0.2) is 152 Å². The smallest absolute Gasteiger partial charge is 0.180 e. The summed E-state index contributed by atoms with van der Waals surface area (Å²) in [6, 6.07) is 54.6. The molecule has 4 heteroatoms. The second kappa shape index (κ2) is 10.9. The first-order valence-electron chi connectivity index (χ1n) is 15.4. The summed E-state index contributed by atoms with van der Waals surface area (Å²) < 4.78 is 0. The number of hydrogen-bond donors (Lipinski definition) is 0. The van der Waals surface area contributed by atoms with Crippen molar-refractivity contribution in [2.24, 2.45) is 0 Å². The average Bonchev–Trinajstić information content (AvgIpc) is 3.40. The van der Waals surface area contributed by atoms with Crippen LogP contribution >= 0.6 is 0 Å². The Morgan fingerprint density at radius 3 is 1.36 bits per heavy atom. The predicted molar refractivity (Wildman–Crippen MR) is 188 cm³/mol. The number of aryl methyl sites for hydroxylation is 2. The summed E-state index contributed by atoms with van der Waals surface area (Å²) >= 11 is 0. The summed E-state index contributed by atoms with van der Waals surface area (Å²) in [5.74, 6) is 2.02. The second-order valence-corrected chi connectivity index (χ2v) is 15.6. The maximum Gasteiger partial charge on any atom is 0.180 e. The molecule has 1 aliphatic heterocycles. The van der Waals surface area contributed by atoms with E-state index in [0.29, 0.717) is 17.5 Å². The third kappa shape index (κ3) is 4.54. The van der Waals surface area contributed by atoms with Gasteiger partial charge in [-0.3, -0.25) is 0 Å². The molecule has 0 aliphatic carbocycles. The molecule has 2 heterocycles. The van der Waals surface area contributed by atoms with Crippen LogP contribution in [0.3, 0.4) is 0 Å². The lowest BCUT2D eigenvalue weighted by atomic mass is 10.0. The molecule has 0 amide bonds. The van der Waals surface area contributed by atoms with Crippen molar-refractivity contribution in [3.05, 3.63) is 163 Å². The average molecular weight is 594 g/mol. The molecule has 0 saturated carbocycles. The van der Waals surface area contributed by atoms with Crippen LogP contribution in [0.2, 0.25) is 0 Å². The summed E-state index contributed by atoms with van der Waals surface area (Å²) in [7, 11) is -2.66. The topological polar surface area (TPSA) is 38.7 Å². The Balaban J connectivity index is 1.41. The standard InChI is InChI=1S/C41H31N3Si/c1-28-17-22-33(23-18-28)45(34-24-19-29(2)20-25-34)37-16-10-9-15-35(37)36-26-21-32(27-38(36)45)41-43-39(30-11-5-3-6-12-30)42-40(44-41)31-13-7-4-8-14-31/h3-27H,1-2H3. The van der Waals surface area contributed by atoms with Gasteiger partial charge in [0, 0.05) is 16.7 Å². The van der Waals surface area contributed by atoms with Crippen molar-refractivity contribution < 1.29 is 0 Å². The lowest BCUT2D eigenvalue weighted by molar-refractivity contribution is 1.07. The normalized spacial score (nSPS) is 12.8. The molecule has 0 unspecified atom stereocenters. The Morgan fingerprint density at radius 2 is 0.822 bits per heavy atom. The zero-order valence-electron chi connectivity index (χ0n) is 25.3. The van der Waals surface area contributed by atoms with Gasteiger partial charge in [0.05, 0.1) is 0 Å². The fourth-order valence-electron chi connectivity index (χ4n) is 6.75. The molecule has 0 saturated heterocycles. The molecular weight excluding hydrogens is 563 g/mol. The number of aromatic nitrogens is 3. The summed E-state index contributed by atoms with van der Waals surface area (Å²) in [4.78, 5) is 15.1. The third-order valence-electron chi connectivity index (χ3n) is 8.97. The van der Waals surface area contributed by atoms with Gasteiger partial charge in [-0.15, -0.1) is 0 Å². The van der Waals surface area contributed by atoms with Crippen LogP contribution in [0.25, 0.3) is 45.3 Å². The van der Waals surface area contributed by atoms with Crippen LogP contribution in [0.5, 0.6) is 0 Å². The number of hydrogen-bond acceptors (Lipinski definition) is 3. The molecule has 6 aromatic carbocycles. The van der Waals surface area contributed by atoms with Crippen LogP contribution in [-0.4, -0.2) is 23.0 Å². The maximum atomic E-state index is 5.08. The van der Waals surface area contributed by atoms with E-state index in [4.69, 9.17) is 15.0 Å². The minimum absolute atomic E-state index is 0.670. The first-order valence-corrected chi connectivity index (χ1v) is 17.4. The van der Waals surface area contributed by atoms with Gasteiger partial charge in [0.15, 0.2) is 25.5 Å². The van der Waals surface area contributed by atoms with Crippen molar-refractivity contribution in [3.63, 3.8) is 0 Å². The van der Waals surface area contributed by atoms with E-state index in [0.717, 1.165) is 16.7 Å². The molecule has 0 bridgehead atoms. The van der Waals surface area contributed by atoms with E-state index in [2.05, 4.69) is 129 Å². The van der Waals surface area contributed by atoms with Crippen molar-refractivity contribution in [1.82, 2.24) is 15.0 Å². The molecule has 0 radical (unpaired) electrons. The lowest BCUT2D eigenvalue weighted by Gasteiger charge is -2.31. The minimum atomic E-state index is -2.66. The molecule has 7 aromatic rings. The highest BCUT2D eigenvalue weighted by Crippen LogP contribution is 2.32. The van der Waals surface area contributed by atoms with E-state index in [1.54, 1.807) is 0 Å². The number of benzene rings is 6. The molecule has 0 spiro atoms. The predicted octanol–water partition coefficient (Wildman–Crippen LogP) is 6.85. The zero-order chi connectivity index (χ0) is 30.4. The van der Waals surface area contributed by atoms with Gasteiger partial charge in [-0.2, -0.15) is 0 Å². The molecule has 1 aliphatic rings. The Labute approximate surface area is 265 Å². The van der Waals surface area contributed by atoms with E-state index < -0.39 is 8.07 Å². The lowest BCUT2D eigenvalue weighted by Crippen LogP contribution is -2.72. The van der Waals surface area contributed by atoms with Gasteiger partial charge in [0.2, 0.25) is 0 Å². The minimum Gasteiger partial charge on any atom is -0.208 e. The molecular formula is C41H31N3Si. The van der Waals surface area contributed by atoms with Gasteiger partial charge in [-0.05, 0) is 45.7 Å². The SMILES string of the molecule is Cc1ccc([Si]2(c3ccc(C)cc3)c3ccccc3-c3ccc(-c4nc(-c5ccccc5)nc(-c5ccccc5)n4)cc32)cc1. The van der Waals surface area contributed by atoms with E-state index in [9.17, 15) is 0 Å². The van der Waals surface area contributed by atoms with Gasteiger partial charge in [0.25, 0.3) is 0 Å². The first-order chi connectivity index (χ1) is 22.1. The molecule has 8 rings (SSSR count). The van der Waals surface area contributed by atoms with Gasteiger partial charge in [0.1, 0.15) is 0 Å². The highest BCUT2D eigenvalue weighted by molar-refractivity contribution is 7.22.